The predicted octanol–water partition coefficient (Wildman–Crippen LogP) is 2.34. The highest BCUT2D eigenvalue weighted by atomic mass is 16.5. The number of anilines is 2. The average Bonchev–Trinajstić information content (AvgIpc) is 3.09. The van der Waals surface area contributed by atoms with E-state index < -0.39 is 0 Å². The van der Waals surface area contributed by atoms with Crippen molar-refractivity contribution in [1.29, 1.82) is 0 Å². The molecule has 8 nitrogen and oxygen atoms in total. The van der Waals surface area contributed by atoms with Crippen LogP contribution >= 0.6 is 0 Å². The zero-order valence-corrected chi connectivity index (χ0v) is 15.6. The molecule has 26 heavy (non-hydrogen) atoms. The molecule has 3 heterocycles. The highest BCUT2D eigenvalue weighted by Gasteiger charge is 2.26. The number of aryl methyl sites for hydroxylation is 1. The number of carbonyl (C=O) groups excluding carboxylic acids is 1. The average molecular weight is 358 g/mol. The van der Waals surface area contributed by atoms with Gasteiger partial charge in [0.05, 0.1) is 30.4 Å². The Morgan fingerprint density at radius 3 is 2.73 bits per heavy atom. The minimum atomic E-state index is -0.000664. The molecule has 0 unspecified atom stereocenters. The smallest absolute Gasteiger partial charge is 0.234 e. The molecule has 0 atom stereocenters. The van der Waals surface area contributed by atoms with Crippen LogP contribution in [0.5, 0.6) is 5.88 Å². The van der Waals surface area contributed by atoms with Gasteiger partial charge < -0.3 is 15.0 Å². The molecule has 1 aliphatic heterocycles. The van der Waals surface area contributed by atoms with Crippen molar-refractivity contribution in [1.82, 2.24) is 19.7 Å². The summed E-state index contributed by atoms with van der Waals surface area (Å²) in [6, 6.07) is 0. The number of piperidine rings is 1. The van der Waals surface area contributed by atoms with Gasteiger partial charge in [0.1, 0.15) is 0 Å². The Balaban J connectivity index is 1.54. The summed E-state index contributed by atoms with van der Waals surface area (Å²) in [6.07, 6.45) is 8.53. The number of rotatable bonds is 6. The van der Waals surface area contributed by atoms with Crippen LogP contribution in [0.1, 0.15) is 33.6 Å². The van der Waals surface area contributed by atoms with Crippen molar-refractivity contribution in [2.45, 2.75) is 46.3 Å². The maximum Gasteiger partial charge on any atom is 0.234 e. The molecule has 0 bridgehead atoms. The minimum Gasteiger partial charge on any atom is -0.474 e. The van der Waals surface area contributed by atoms with Gasteiger partial charge in [0.25, 0.3) is 0 Å². The van der Waals surface area contributed by atoms with Crippen molar-refractivity contribution < 1.29 is 9.53 Å². The number of ether oxygens (including phenoxy) is 1. The summed E-state index contributed by atoms with van der Waals surface area (Å²) in [5.74, 6) is 1.39. The summed E-state index contributed by atoms with van der Waals surface area (Å²) in [4.78, 5) is 23.4. The van der Waals surface area contributed by atoms with Crippen LogP contribution in [0.3, 0.4) is 0 Å². The van der Waals surface area contributed by atoms with E-state index in [1.54, 1.807) is 23.3 Å². The lowest BCUT2D eigenvalue weighted by atomic mass is 9.96. The van der Waals surface area contributed by atoms with Gasteiger partial charge in [0.2, 0.25) is 11.8 Å². The maximum absolute atomic E-state index is 12.5. The summed E-state index contributed by atoms with van der Waals surface area (Å²) in [6.45, 7) is 8.26. The number of hydrogen-bond acceptors (Lipinski definition) is 6. The van der Waals surface area contributed by atoms with Gasteiger partial charge in [-0.05, 0) is 33.6 Å². The van der Waals surface area contributed by atoms with Crippen LogP contribution < -0.4 is 15.0 Å². The second-order valence-corrected chi connectivity index (χ2v) is 6.72. The van der Waals surface area contributed by atoms with E-state index in [1.165, 1.54) is 0 Å². The number of nitrogens with one attached hydrogen (secondary N) is 1. The van der Waals surface area contributed by atoms with Gasteiger partial charge in [-0.3, -0.25) is 14.5 Å². The van der Waals surface area contributed by atoms with Crippen LogP contribution in [0.4, 0.5) is 11.5 Å². The van der Waals surface area contributed by atoms with Crippen molar-refractivity contribution >= 4 is 17.4 Å². The molecule has 0 radical (unpaired) electrons. The zero-order chi connectivity index (χ0) is 18.5. The normalized spacial score (nSPS) is 15.3. The van der Waals surface area contributed by atoms with E-state index in [2.05, 4.69) is 25.3 Å². The summed E-state index contributed by atoms with van der Waals surface area (Å²) in [7, 11) is 0. The third-order valence-corrected chi connectivity index (χ3v) is 4.37. The van der Waals surface area contributed by atoms with E-state index in [0.717, 1.165) is 44.0 Å². The molecule has 0 aliphatic carbocycles. The highest BCUT2D eigenvalue weighted by Crippen LogP contribution is 2.24. The van der Waals surface area contributed by atoms with Crippen LogP contribution in [0.15, 0.2) is 24.8 Å². The fourth-order valence-electron chi connectivity index (χ4n) is 3.01. The van der Waals surface area contributed by atoms with E-state index in [4.69, 9.17) is 4.74 Å². The third-order valence-electron chi connectivity index (χ3n) is 4.37. The topological polar surface area (TPSA) is 85.2 Å². The molecule has 1 amide bonds. The Hall–Kier alpha value is -2.64. The molecule has 0 saturated carbocycles. The Morgan fingerprint density at radius 1 is 1.31 bits per heavy atom. The molecule has 2 aromatic heterocycles. The molecule has 2 aromatic rings. The molecule has 0 aromatic carbocycles. The number of nitrogens with zero attached hydrogens (tertiary/aromatic N) is 5. The second-order valence-electron chi connectivity index (χ2n) is 6.72. The van der Waals surface area contributed by atoms with Crippen LogP contribution in [-0.4, -0.2) is 44.8 Å². The number of hydrogen-bond donors (Lipinski definition) is 1. The van der Waals surface area contributed by atoms with Gasteiger partial charge in [-0.2, -0.15) is 10.1 Å². The van der Waals surface area contributed by atoms with Crippen LogP contribution in [0.2, 0.25) is 0 Å². The van der Waals surface area contributed by atoms with E-state index in [1.807, 2.05) is 27.0 Å². The molecule has 140 valence electrons. The lowest BCUT2D eigenvalue weighted by Crippen LogP contribution is -2.38. The SMILES string of the molecule is CCn1cc(NC(=O)C2CCN(c3cncc(OC(C)C)n3)CC2)cn1. The first-order valence-electron chi connectivity index (χ1n) is 9.12. The van der Waals surface area contributed by atoms with E-state index in [0.29, 0.717) is 5.88 Å². The summed E-state index contributed by atoms with van der Waals surface area (Å²) in [5, 5.41) is 7.14. The Kier molecular flexibility index (Phi) is 5.70. The lowest BCUT2D eigenvalue weighted by Gasteiger charge is -2.32. The highest BCUT2D eigenvalue weighted by molar-refractivity contribution is 5.92. The summed E-state index contributed by atoms with van der Waals surface area (Å²) < 4.78 is 7.41. The Labute approximate surface area is 153 Å². The van der Waals surface area contributed by atoms with Crippen molar-refractivity contribution in [2.75, 3.05) is 23.3 Å². The third kappa shape index (κ3) is 4.50. The van der Waals surface area contributed by atoms with Gasteiger partial charge in [-0.25, -0.2) is 0 Å². The van der Waals surface area contributed by atoms with Gasteiger partial charge in [0, 0.05) is 31.7 Å². The number of carbonyl (C=O) groups is 1. The molecule has 1 fully saturated rings. The summed E-state index contributed by atoms with van der Waals surface area (Å²) in [5.41, 5.74) is 0.753. The van der Waals surface area contributed by atoms with Crippen molar-refractivity contribution in [3.8, 4) is 5.88 Å². The molecular weight excluding hydrogens is 332 g/mol. The molecule has 0 spiro atoms. The van der Waals surface area contributed by atoms with E-state index in [9.17, 15) is 4.79 Å². The van der Waals surface area contributed by atoms with Crippen molar-refractivity contribution in [2.24, 2.45) is 5.92 Å². The van der Waals surface area contributed by atoms with E-state index in [-0.39, 0.29) is 17.9 Å². The summed E-state index contributed by atoms with van der Waals surface area (Å²) >= 11 is 0. The Bertz CT molecular complexity index is 737. The van der Waals surface area contributed by atoms with Gasteiger partial charge >= 0.3 is 0 Å². The predicted molar refractivity (Wildman–Crippen MR) is 99.3 cm³/mol. The molecule has 1 N–H and O–H groups in total. The fourth-order valence-corrected chi connectivity index (χ4v) is 3.01. The number of amides is 1. The number of aromatic nitrogens is 4. The van der Waals surface area contributed by atoms with Crippen LogP contribution in [-0.2, 0) is 11.3 Å². The van der Waals surface area contributed by atoms with Gasteiger partial charge in [-0.1, -0.05) is 0 Å². The molecule has 1 aliphatic rings. The zero-order valence-electron chi connectivity index (χ0n) is 15.6. The van der Waals surface area contributed by atoms with Gasteiger partial charge in [0.15, 0.2) is 5.82 Å². The minimum absolute atomic E-state index is 0.000664. The first-order chi connectivity index (χ1) is 12.5. The molecule has 3 rings (SSSR count). The first-order valence-corrected chi connectivity index (χ1v) is 9.12. The maximum atomic E-state index is 12.5. The quantitative estimate of drug-likeness (QED) is 0.853. The Morgan fingerprint density at radius 2 is 2.08 bits per heavy atom. The van der Waals surface area contributed by atoms with Crippen LogP contribution in [0, 0.1) is 5.92 Å². The molecular formula is C18H26N6O2. The largest absolute Gasteiger partial charge is 0.474 e. The van der Waals surface area contributed by atoms with E-state index >= 15 is 0 Å². The second kappa shape index (κ2) is 8.16. The molecule has 8 heteroatoms. The van der Waals surface area contributed by atoms with Crippen molar-refractivity contribution in [3.63, 3.8) is 0 Å². The van der Waals surface area contributed by atoms with Crippen LogP contribution in [0.25, 0.3) is 0 Å². The monoisotopic (exact) mass is 358 g/mol. The first kappa shape index (κ1) is 18.2. The van der Waals surface area contributed by atoms with Gasteiger partial charge in [-0.15, -0.1) is 0 Å². The fraction of sp³-hybridized carbons (Fsp3) is 0.556. The standard InChI is InChI=1S/C18H26N6O2/c1-4-24-12-15(9-20-24)21-18(25)14-5-7-23(8-6-14)16-10-19-11-17(22-16)26-13(2)3/h9-14H,4-8H2,1-3H3,(H,21,25). The van der Waals surface area contributed by atoms with Crippen molar-refractivity contribution in [3.05, 3.63) is 24.8 Å². The molecule has 1 saturated heterocycles. The lowest BCUT2D eigenvalue weighted by molar-refractivity contribution is -0.120.